The fraction of sp³-hybridized carbons (Fsp3) is 0.417. The Morgan fingerprint density at radius 2 is 2.06 bits per heavy atom. The van der Waals surface area contributed by atoms with E-state index in [9.17, 15) is 4.79 Å². The SMILES string of the molecule is O=C(C(Cl)c1ccccc1)N1CCCCO1. The van der Waals surface area contributed by atoms with Crippen LogP contribution >= 0.6 is 11.6 Å². The molecule has 1 saturated heterocycles. The van der Waals surface area contributed by atoms with E-state index in [-0.39, 0.29) is 5.91 Å². The normalized spacial score (nSPS) is 18.2. The topological polar surface area (TPSA) is 29.5 Å². The van der Waals surface area contributed by atoms with Crippen molar-refractivity contribution < 1.29 is 9.63 Å². The summed E-state index contributed by atoms with van der Waals surface area (Å²) in [6.07, 6.45) is 1.98. The molecule has 1 amide bonds. The van der Waals surface area contributed by atoms with E-state index in [4.69, 9.17) is 16.4 Å². The number of hydrogen-bond acceptors (Lipinski definition) is 2. The molecule has 1 aliphatic rings. The second-order valence-corrected chi connectivity index (χ2v) is 4.19. The lowest BCUT2D eigenvalue weighted by Gasteiger charge is -2.27. The second-order valence-electron chi connectivity index (χ2n) is 3.75. The predicted octanol–water partition coefficient (Wildman–Crippen LogP) is 2.52. The number of carbonyl (C=O) groups excluding carboxylic acids is 1. The van der Waals surface area contributed by atoms with Gasteiger partial charge < -0.3 is 0 Å². The number of hydrogen-bond donors (Lipinski definition) is 0. The standard InChI is InChI=1S/C12H14ClNO2/c13-11(10-6-2-1-3-7-10)12(15)14-8-4-5-9-16-14/h1-3,6-7,11H,4-5,8-9H2. The number of carbonyl (C=O) groups is 1. The van der Waals surface area contributed by atoms with Crippen molar-refractivity contribution in [3.05, 3.63) is 35.9 Å². The van der Waals surface area contributed by atoms with Crippen LogP contribution in [-0.4, -0.2) is 24.1 Å². The van der Waals surface area contributed by atoms with Crippen molar-refractivity contribution in [2.75, 3.05) is 13.2 Å². The van der Waals surface area contributed by atoms with Crippen LogP contribution < -0.4 is 0 Å². The lowest BCUT2D eigenvalue weighted by Crippen LogP contribution is -2.37. The molecule has 1 unspecified atom stereocenters. The fourth-order valence-corrected chi connectivity index (χ4v) is 1.92. The van der Waals surface area contributed by atoms with Gasteiger partial charge in [0.25, 0.3) is 5.91 Å². The highest BCUT2D eigenvalue weighted by Gasteiger charge is 2.25. The summed E-state index contributed by atoms with van der Waals surface area (Å²) in [4.78, 5) is 17.2. The zero-order valence-electron chi connectivity index (χ0n) is 8.93. The highest BCUT2D eigenvalue weighted by molar-refractivity contribution is 6.30. The van der Waals surface area contributed by atoms with Gasteiger partial charge in [0.2, 0.25) is 0 Å². The summed E-state index contributed by atoms with van der Waals surface area (Å²) in [7, 11) is 0. The molecule has 3 nitrogen and oxygen atoms in total. The molecule has 2 rings (SSSR count). The van der Waals surface area contributed by atoms with E-state index >= 15 is 0 Å². The average molecular weight is 240 g/mol. The van der Waals surface area contributed by atoms with Crippen LogP contribution in [0.1, 0.15) is 23.8 Å². The van der Waals surface area contributed by atoms with Gasteiger partial charge in [-0.25, -0.2) is 5.06 Å². The summed E-state index contributed by atoms with van der Waals surface area (Å²) in [5.74, 6) is -0.174. The molecule has 1 aliphatic heterocycles. The molecule has 0 bridgehead atoms. The van der Waals surface area contributed by atoms with Gasteiger partial charge in [0.15, 0.2) is 0 Å². The van der Waals surface area contributed by atoms with Crippen molar-refractivity contribution in [3.63, 3.8) is 0 Å². The molecule has 0 spiro atoms. The Labute approximate surface area is 99.9 Å². The number of alkyl halides is 1. The van der Waals surface area contributed by atoms with Crippen molar-refractivity contribution in [1.82, 2.24) is 5.06 Å². The third-order valence-electron chi connectivity index (χ3n) is 2.56. The third kappa shape index (κ3) is 2.54. The van der Waals surface area contributed by atoms with Crippen molar-refractivity contribution in [1.29, 1.82) is 0 Å². The van der Waals surface area contributed by atoms with Crippen LogP contribution in [0.15, 0.2) is 30.3 Å². The van der Waals surface area contributed by atoms with E-state index in [0.717, 1.165) is 18.4 Å². The van der Waals surface area contributed by atoms with E-state index in [1.807, 2.05) is 30.3 Å². The largest absolute Gasteiger partial charge is 0.271 e. The molecule has 0 N–H and O–H groups in total. The van der Waals surface area contributed by atoms with Crippen LogP contribution in [-0.2, 0) is 9.63 Å². The monoisotopic (exact) mass is 239 g/mol. The van der Waals surface area contributed by atoms with Crippen molar-refractivity contribution in [2.45, 2.75) is 18.2 Å². The van der Waals surface area contributed by atoms with Crippen LogP contribution in [0.4, 0.5) is 0 Å². The Bertz CT molecular complexity index is 349. The number of halogens is 1. The first kappa shape index (κ1) is 11.4. The molecule has 1 fully saturated rings. The maximum absolute atomic E-state index is 12.0. The lowest BCUT2D eigenvalue weighted by molar-refractivity contribution is -0.196. The highest BCUT2D eigenvalue weighted by atomic mass is 35.5. The predicted molar refractivity (Wildman–Crippen MR) is 61.9 cm³/mol. The first-order valence-corrected chi connectivity index (χ1v) is 5.86. The maximum Gasteiger partial charge on any atom is 0.268 e. The van der Waals surface area contributed by atoms with Gasteiger partial charge in [-0.1, -0.05) is 30.3 Å². The summed E-state index contributed by atoms with van der Waals surface area (Å²) in [6.45, 7) is 1.24. The summed E-state index contributed by atoms with van der Waals surface area (Å²) in [5.41, 5.74) is 0.809. The zero-order chi connectivity index (χ0) is 11.4. The molecular weight excluding hydrogens is 226 g/mol. The molecule has 0 radical (unpaired) electrons. The van der Waals surface area contributed by atoms with Gasteiger partial charge in [-0.2, -0.15) is 0 Å². The molecule has 0 aromatic heterocycles. The van der Waals surface area contributed by atoms with Gasteiger partial charge in [-0.05, 0) is 18.4 Å². The first-order valence-electron chi connectivity index (χ1n) is 5.42. The minimum atomic E-state index is -0.653. The summed E-state index contributed by atoms with van der Waals surface area (Å²) >= 11 is 6.12. The van der Waals surface area contributed by atoms with Crippen molar-refractivity contribution in [2.24, 2.45) is 0 Å². The van der Waals surface area contributed by atoms with E-state index in [1.165, 1.54) is 5.06 Å². The van der Waals surface area contributed by atoms with E-state index < -0.39 is 5.38 Å². The number of amides is 1. The molecule has 1 heterocycles. The average Bonchev–Trinajstić information content (AvgIpc) is 2.39. The smallest absolute Gasteiger partial charge is 0.268 e. The van der Waals surface area contributed by atoms with Crippen LogP contribution in [0.25, 0.3) is 0 Å². The first-order chi connectivity index (χ1) is 7.79. The maximum atomic E-state index is 12.0. The van der Waals surface area contributed by atoms with Crippen LogP contribution in [0, 0.1) is 0 Å². The fourth-order valence-electron chi connectivity index (χ4n) is 1.66. The molecule has 86 valence electrons. The van der Waals surface area contributed by atoms with Gasteiger partial charge in [0.05, 0.1) is 6.61 Å². The molecule has 1 aromatic rings. The van der Waals surface area contributed by atoms with Crippen LogP contribution in [0.2, 0.25) is 0 Å². The highest BCUT2D eigenvalue weighted by Crippen LogP contribution is 2.24. The summed E-state index contributed by atoms with van der Waals surface area (Å²) in [5, 5.41) is 0.730. The zero-order valence-corrected chi connectivity index (χ0v) is 9.69. The summed E-state index contributed by atoms with van der Waals surface area (Å²) < 4.78 is 0. The third-order valence-corrected chi connectivity index (χ3v) is 3.00. The molecule has 16 heavy (non-hydrogen) atoms. The van der Waals surface area contributed by atoms with Gasteiger partial charge >= 0.3 is 0 Å². The van der Waals surface area contributed by atoms with Gasteiger partial charge in [-0.15, -0.1) is 11.6 Å². The Kier molecular flexibility index (Phi) is 3.80. The molecular formula is C12H14ClNO2. The summed E-state index contributed by atoms with van der Waals surface area (Å²) in [6, 6.07) is 9.33. The minimum absolute atomic E-state index is 0.174. The lowest BCUT2D eigenvalue weighted by atomic mass is 10.1. The van der Waals surface area contributed by atoms with E-state index in [0.29, 0.717) is 13.2 Å². The number of nitrogens with zero attached hydrogens (tertiary/aromatic N) is 1. The van der Waals surface area contributed by atoms with E-state index in [2.05, 4.69) is 0 Å². The number of benzene rings is 1. The van der Waals surface area contributed by atoms with Gasteiger partial charge in [0, 0.05) is 6.54 Å². The minimum Gasteiger partial charge on any atom is -0.271 e. The van der Waals surface area contributed by atoms with Crippen LogP contribution in [0.3, 0.4) is 0 Å². The Morgan fingerprint density at radius 1 is 1.31 bits per heavy atom. The Balaban J connectivity index is 2.04. The molecule has 1 atom stereocenters. The Morgan fingerprint density at radius 3 is 2.69 bits per heavy atom. The number of rotatable bonds is 2. The van der Waals surface area contributed by atoms with Crippen LogP contribution in [0.5, 0.6) is 0 Å². The Hall–Kier alpha value is -1.06. The quantitative estimate of drug-likeness (QED) is 0.743. The van der Waals surface area contributed by atoms with Gasteiger partial charge in [-0.3, -0.25) is 9.63 Å². The molecule has 1 aromatic carbocycles. The second kappa shape index (κ2) is 5.32. The van der Waals surface area contributed by atoms with E-state index in [1.54, 1.807) is 0 Å². The molecule has 0 saturated carbocycles. The molecule has 0 aliphatic carbocycles. The van der Waals surface area contributed by atoms with Crippen molar-refractivity contribution >= 4 is 17.5 Å². The molecule has 4 heteroatoms. The number of hydroxylamine groups is 2. The van der Waals surface area contributed by atoms with Gasteiger partial charge in [0.1, 0.15) is 5.38 Å². The van der Waals surface area contributed by atoms with Crippen molar-refractivity contribution in [3.8, 4) is 0 Å².